The van der Waals surface area contributed by atoms with E-state index in [2.05, 4.69) is 89.4 Å². The van der Waals surface area contributed by atoms with Crippen LogP contribution in [0, 0.1) is 0 Å². The zero-order valence-electron chi connectivity index (χ0n) is 59.6. The van der Waals surface area contributed by atoms with Crippen LogP contribution in [0.25, 0.3) is 0 Å². The largest absolute Gasteiger partial charge is 0.493 e. The average molecular weight is 1330 g/mol. The van der Waals surface area contributed by atoms with Crippen molar-refractivity contribution in [2.45, 2.75) is 260 Å². The first-order valence-electron chi connectivity index (χ1n) is 36.7. The van der Waals surface area contributed by atoms with Gasteiger partial charge in [0, 0.05) is 37.8 Å². The van der Waals surface area contributed by atoms with Crippen LogP contribution in [-0.2, 0) is 99.1 Å². The van der Waals surface area contributed by atoms with Crippen molar-refractivity contribution in [1.82, 2.24) is 0 Å². The lowest BCUT2D eigenvalue weighted by Crippen LogP contribution is -2.13. The molecular weight excluding hydrogens is 1210 g/mol. The second-order valence-electron chi connectivity index (χ2n) is 26.1. The summed E-state index contributed by atoms with van der Waals surface area (Å²) in [4.78, 5) is 74.0. The Hall–Kier alpha value is -7.22. The van der Waals surface area contributed by atoms with Gasteiger partial charge in [0.2, 0.25) is 0 Å². The molecule has 0 spiro atoms. The third kappa shape index (κ3) is 30.5. The Labute approximate surface area is 575 Å². The Bertz CT molecular complexity index is 2860. The van der Waals surface area contributed by atoms with E-state index in [1.165, 1.54) is 26.0 Å². The van der Waals surface area contributed by atoms with Gasteiger partial charge in [0.15, 0.2) is 0 Å². The zero-order valence-corrected chi connectivity index (χ0v) is 59.6. The first-order chi connectivity index (χ1) is 46.7. The van der Waals surface area contributed by atoms with Crippen LogP contribution in [0.2, 0.25) is 0 Å². The minimum absolute atomic E-state index is 0.150. The van der Waals surface area contributed by atoms with Crippen LogP contribution < -0.4 is 18.9 Å². The van der Waals surface area contributed by atoms with Gasteiger partial charge in [-0.15, -0.1) is 0 Å². The number of rotatable bonds is 50. The zero-order chi connectivity index (χ0) is 69.1. The fraction of sp³-hybridized carbons (Fsp3) is 0.585. The Morgan fingerprint density at radius 2 is 0.531 bits per heavy atom. The van der Waals surface area contributed by atoms with E-state index in [9.17, 15) is 28.8 Å². The summed E-state index contributed by atoms with van der Waals surface area (Å²) in [6.45, 7) is 21.7. The number of Topliss-reactive ketones (excluding diaryl/α,β-unsaturated/α-hetero) is 2. The number of ether oxygens (including phenoxy) is 8. The quantitative estimate of drug-likeness (QED) is 0.0118. The monoisotopic (exact) mass is 1320 g/mol. The van der Waals surface area contributed by atoms with Gasteiger partial charge in [-0.3, -0.25) is 19.2 Å². The molecule has 0 unspecified atom stereocenters. The van der Waals surface area contributed by atoms with E-state index in [0.29, 0.717) is 103 Å². The number of benzene rings is 4. The van der Waals surface area contributed by atoms with Crippen LogP contribution in [0.1, 0.15) is 275 Å². The van der Waals surface area contributed by atoms with E-state index in [1.54, 1.807) is 0 Å². The van der Waals surface area contributed by atoms with Crippen molar-refractivity contribution in [1.29, 1.82) is 0 Å². The molecule has 1 aliphatic carbocycles. The topological polar surface area (TPSA) is 176 Å². The maximum absolute atomic E-state index is 12.7. The number of aryl methyl sites for hydroxylation is 4. The van der Waals surface area contributed by atoms with Gasteiger partial charge < -0.3 is 37.9 Å². The third-order valence-corrected chi connectivity index (χ3v) is 17.3. The second kappa shape index (κ2) is 46.9. The van der Waals surface area contributed by atoms with E-state index >= 15 is 0 Å². The standard InChI is InChI=1S/C82H116O14/c1-9-15-19-23-27-39-93-79-67-49-63(35-31-43-89-75(85)13-5)51-69(79)58-71-53-65(37-33-45-91-77(87)47-61(7)83)55-73(81(71)95-41-29-25-21-17-11-3)60-74-56-66(38-34-46-92-78(88)48-62(8)84)54-72(82(74)96-42-30-26-22-18-12-4)59-70-52-64(36-32-44-90-76(86)14-6)50-68(57-67)80(70)94-40-28-24-20-16-10-2/h13-14,49-56H,5-6,9-12,15-48,57-60H2,1-4,7-8H3. The van der Waals surface area contributed by atoms with Crippen molar-refractivity contribution in [2.24, 2.45) is 0 Å². The number of ketones is 2. The van der Waals surface area contributed by atoms with Gasteiger partial charge in [0.05, 0.1) is 52.9 Å². The fourth-order valence-corrected chi connectivity index (χ4v) is 12.5. The summed E-state index contributed by atoms with van der Waals surface area (Å²) in [6, 6.07) is 18.1. The fourth-order valence-electron chi connectivity index (χ4n) is 12.5. The van der Waals surface area contributed by atoms with Crippen LogP contribution in [-0.4, -0.2) is 88.3 Å². The summed E-state index contributed by atoms with van der Waals surface area (Å²) in [5.74, 6) is 0.762. The first-order valence-corrected chi connectivity index (χ1v) is 36.7. The van der Waals surface area contributed by atoms with Gasteiger partial charge in [-0.05, 0) is 158 Å². The number of hydrogen-bond acceptors (Lipinski definition) is 14. The van der Waals surface area contributed by atoms with E-state index in [4.69, 9.17) is 37.9 Å². The van der Waals surface area contributed by atoms with Crippen molar-refractivity contribution >= 4 is 35.4 Å². The number of fused-ring (bicyclic) bond motifs is 8. The van der Waals surface area contributed by atoms with Crippen molar-refractivity contribution in [3.63, 3.8) is 0 Å². The van der Waals surface area contributed by atoms with Crippen molar-refractivity contribution in [3.05, 3.63) is 141 Å². The number of esters is 4. The molecule has 0 amide bonds. The molecule has 14 nitrogen and oxygen atoms in total. The molecule has 0 aromatic heterocycles. The Morgan fingerprint density at radius 1 is 0.312 bits per heavy atom. The van der Waals surface area contributed by atoms with E-state index in [1.807, 2.05) is 0 Å². The molecule has 528 valence electrons. The molecule has 96 heavy (non-hydrogen) atoms. The van der Waals surface area contributed by atoms with Gasteiger partial charge in [-0.25, -0.2) is 9.59 Å². The van der Waals surface area contributed by atoms with Gasteiger partial charge >= 0.3 is 23.9 Å². The molecule has 1 aliphatic rings. The highest BCUT2D eigenvalue weighted by atomic mass is 16.5. The Morgan fingerprint density at radius 3 is 0.740 bits per heavy atom. The molecule has 5 rings (SSSR count). The predicted octanol–water partition coefficient (Wildman–Crippen LogP) is 18.0. The normalized spacial score (nSPS) is 11.7. The van der Waals surface area contributed by atoms with Crippen molar-refractivity contribution in [3.8, 4) is 23.0 Å². The van der Waals surface area contributed by atoms with Gasteiger partial charge in [0.25, 0.3) is 0 Å². The molecular formula is C82H116O14. The smallest absolute Gasteiger partial charge is 0.330 e. The minimum atomic E-state index is -0.537. The molecule has 0 saturated heterocycles. The van der Waals surface area contributed by atoms with E-state index in [0.717, 1.165) is 218 Å². The van der Waals surface area contributed by atoms with Crippen LogP contribution in [0.15, 0.2) is 73.8 Å². The first kappa shape index (κ1) is 79.5. The lowest BCUT2D eigenvalue weighted by atomic mass is 9.87. The molecule has 0 radical (unpaired) electrons. The van der Waals surface area contributed by atoms with E-state index < -0.39 is 23.9 Å². The lowest BCUT2D eigenvalue weighted by Gasteiger charge is -2.25. The number of hydrogen-bond donors (Lipinski definition) is 0. The summed E-state index contributed by atoms with van der Waals surface area (Å²) in [7, 11) is 0. The lowest BCUT2D eigenvalue weighted by molar-refractivity contribution is -0.147. The second-order valence-corrected chi connectivity index (χ2v) is 26.1. The maximum Gasteiger partial charge on any atom is 0.330 e. The SMILES string of the molecule is C=CC(=O)OCCCc1cc2c(OCCCCCCC)c(c1)Cc1cc(CCCOC(=O)CC(C)=O)cc(c1OCCCCCCC)Cc1cc(CCCOC(=O)CC(C)=O)cc(c1OCCCCCCC)Cc1cc(CCCOC(=O)C=C)cc(c1OCCCCCCC)C2. The highest BCUT2D eigenvalue weighted by molar-refractivity contribution is 5.94. The average Bonchev–Trinajstić information content (AvgIpc) is 0.784. The van der Waals surface area contributed by atoms with Crippen molar-refractivity contribution < 1.29 is 66.7 Å². The van der Waals surface area contributed by atoms with Gasteiger partial charge in [-0.1, -0.05) is 192 Å². The summed E-state index contributed by atoms with van der Waals surface area (Å²) >= 11 is 0. The third-order valence-electron chi connectivity index (χ3n) is 17.3. The summed E-state index contributed by atoms with van der Waals surface area (Å²) in [5, 5.41) is 0. The molecule has 4 aromatic rings. The van der Waals surface area contributed by atoms with Crippen LogP contribution in [0.5, 0.6) is 23.0 Å². The van der Waals surface area contributed by atoms with Crippen LogP contribution in [0.3, 0.4) is 0 Å². The number of unbranched alkanes of at least 4 members (excludes halogenated alkanes) is 16. The summed E-state index contributed by atoms with van der Waals surface area (Å²) in [5.41, 5.74) is 12.2. The molecule has 0 heterocycles. The Balaban J connectivity index is 1.92. The van der Waals surface area contributed by atoms with Gasteiger partial charge in [-0.2, -0.15) is 0 Å². The summed E-state index contributed by atoms with van der Waals surface area (Å²) < 4.78 is 51.5. The van der Waals surface area contributed by atoms with Crippen LogP contribution >= 0.6 is 0 Å². The highest BCUT2D eigenvalue weighted by Crippen LogP contribution is 2.42. The molecule has 0 aliphatic heterocycles. The Kier molecular flexibility index (Phi) is 38.8. The van der Waals surface area contributed by atoms with Crippen LogP contribution in [0.4, 0.5) is 0 Å². The molecule has 14 heteroatoms. The molecule has 0 fully saturated rings. The molecule has 0 N–H and O–H groups in total. The van der Waals surface area contributed by atoms with E-state index in [-0.39, 0.29) is 50.8 Å². The molecule has 0 saturated carbocycles. The number of carbonyl (C=O) groups is 6. The molecule has 0 atom stereocenters. The maximum atomic E-state index is 12.7. The summed E-state index contributed by atoms with van der Waals surface area (Å²) in [6.07, 6.45) is 29.5. The molecule has 8 bridgehead atoms. The predicted molar refractivity (Wildman–Crippen MR) is 382 cm³/mol. The minimum Gasteiger partial charge on any atom is -0.493 e. The highest BCUT2D eigenvalue weighted by Gasteiger charge is 2.26. The van der Waals surface area contributed by atoms with Crippen molar-refractivity contribution in [2.75, 3.05) is 52.9 Å². The number of carbonyl (C=O) groups excluding carboxylic acids is 6. The molecule has 4 aromatic carbocycles. The van der Waals surface area contributed by atoms with Gasteiger partial charge in [0.1, 0.15) is 47.4 Å².